The van der Waals surface area contributed by atoms with Gasteiger partial charge >= 0.3 is 0 Å². The van der Waals surface area contributed by atoms with Crippen LogP contribution in [0.4, 0.5) is 0 Å². The number of para-hydroxylation sites is 3. The molecule has 0 saturated carbocycles. The van der Waals surface area contributed by atoms with E-state index < -0.39 is 6.85 Å². The average Bonchev–Trinajstić information content (AvgIpc) is 3.74. The zero-order valence-corrected chi connectivity index (χ0v) is 31.8. The van der Waals surface area contributed by atoms with Crippen molar-refractivity contribution >= 4 is 33.1 Å². The van der Waals surface area contributed by atoms with Gasteiger partial charge in [0.2, 0.25) is 5.71 Å². The molecule has 0 fully saturated rings. The quantitative estimate of drug-likeness (QED) is 0.180. The first kappa shape index (κ1) is 30.0. The molecule has 0 spiro atoms. The van der Waals surface area contributed by atoms with Crippen LogP contribution in [0.25, 0.3) is 72.4 Å². The van der Waals surface area contributed by atoms with Gasteiger partial charge in [0, 0.05) is 20.6 Å². The Labute approximate surface area is 316 Å². The van der Waals surface area contributed by atoms with Crippen LogP contribution in [-0.4, -0.2) is 14.5 Å². The molecule has 1 aliphatic carbocycles. The smallest absolute Gasteiger partial charge is 0.227 e. The van der Waals surface area contributed by atoms with Gasteiger partial charge in [-0.3, -0.25) is 4.57 Å². The highest BCUT2D eigenvalue weighted by Gasteiger charge is 2.45. The summed E-state index contributed by atoms with van der Waals surface area (Å²) in [7, 11) is 0. The van der Waals surface area contributed by atoms with Gasteiger partial charge in [-0.25, -0.2) is 9.97 Å². The molecule has 0 amide bonds. The number of rotatable bonds is 5. The molecule has 0 aliphatic heterocycles. The molecule has 4 heteroatoms. The third kappa shape index (κ3) is 4.88. The monoisotopic (exact) mass is 696 g/mol. The van der Waals surface area contributed by atoms with Crippen LogP contribution in [-0.2, 0) is 10.8 Å². The van der Waals surface area contributed by atoms with Crippen molar-refractivity contribution in [3.05, 3.63) is 137 Å². The van der Waals surface area contributed by atoms with E-state index in [0.29, 0.717) is 11.3 Å². The van der Waals surface area contributed by atoms with Gasteiger partial charge in [0.1, 0.15) is 11.4 Å². The van der Waals surface area contributed by atoms with Gasteiger partial charge in [-0.2, -0.15) is 0 Å². The predicted molar refractivity (Wildman–Crippen MR) is 221 cm³/mol. The van der Waals surface area contributed by atoms with Crippen molar-refractivity contribution in [3.8, 4) is 39.3 Å². The summed E-state index contributed by atoms with van der Waals surface area (Å²) in [5.41, 5.74) is 14.9. The zero-order valence-electron chi connectivity index (χ0n) is 34.8. The molecule has 0 saturated heterocycles. The van der Waals surface area contributed by atoms with Crippen LogP contribution in [0.2, 0.25) is 0 Å². The molecule has 0 atom stereocenters. The standard InChI is InChI=1S/C49H47N3O/c1-28(2)38-25-32(31-22-24-34-33-15-10-11-18-40(33)48(6,7)49(8,9)41(34)27-31)26-39(29(3)4)44(38)52-43-20-13-12-19-42(43)51-46(52)37-17-14-16-35-36-23-21-30(5)50-47(36)53-45(35)37/h10-29H,1-9H3/i5D3. The molecule has 53 heavy (non-hydrogen) atoms. The van der Waals surface area contributed by atoms with E-state index in [4.69, 9.17) is 13.5 Å². The molecular weight excluding hydrogens is 647 g/mol. The fraction of sp³-hybridized carbons (Fsp3) is 0.265. The lowest BCUT2D eigenvalue weighted by Gasteiger charge is -2.48. The van der Waals surface area contributed by atoms with E-state index in [1.54, 1.807) is 12.1 Å². The summed E-state index contributed by atoms with van der Waals surface area (Å²) < 4.78 is 32.6. The molecule has 0 radical (unpaired) electrons. The van der Waals surface area contributed by atoms with E-state index in [1.807, 2.05) is 24.3 Å². The molecule has 4 nitrogen and oxygen atoms in total. The molecule has 3 aromatic heterocycles. The van der Waals surface area contributed by atoms with Crippen molar-refractivity contribution in [2.24, 2.45) is 0 Å². The van der Waals surface area contributed by atoms with E-state index in [9.17, 15) is 0 Å². The predicted octanol–water partition coefficient (Wildman–Crippen LogP) is 13.4. The number of nitrogens with zero attached hydrogens (tertiary/aromatic N) is 3. The first-order valence-electron chi connectivity index (χ1n) is 20.3. The number of aryl methyl sites for hydroxylation is 1. The Kier molecular flexibility index (Phi) is 6.67. The Morgan fingerprint density at radius 3 is 2.06 bits per heavy atom. The van der Waals surface area contributed by atoms with E-state index in [1.165, 1.54) is 44.5 Å². The molecule has 5 aromatic carbocycles. The second kappa shape index (κ2) is 11.8. The summed E-state index contributed by atoms with van der Waals surface area (Å²) in [6, 6.07) is 38.5. The number of benzene rings is 5. The lowest BCUT2D eigenvalue weighted by Crippen LogP contribution is -2.43. The Hall–Kier alpha value is -5.48. The maximum Gasteiger partial charge on any atom is 0.227 e. The van der Waals surface area contributed by atoms with E-state index in [0.717, 1.165) is 38.9 Å². The van der Waals surface area contributed by atoms with Crippen molar-refractivity contribution in [2.45, 2.75) is 84.9 Å². The summed E-state index contributed by atoms with van der Waals surface area (Å²) in [6.07, 6.45) is 0. The van der Waals surface area contributed by atoms with Crippen molar-refractivity contribution in [2.75, 3.05) is 0 Å². The first-order chi connectivity index (χ1) is 26.6. The minimum atomic E-state index is -2.34. The van der Waals surface area contributed by atoms with Gasteiger partial charge in [-0.15, -0.1) is 0 Å². The average molecular weight is 697 g/mol. The molecule has 9 rings (SSSR count). The number of hydrogen-bond acceptors (Lipinski definition) is 3. The summed E-state index contributed by atoms with van der Waals surface area (Å²) >= 11 is 0. The van der Waals surface area contributed by atoms with E-state index in [2.05, 4.69) is 138 Å². The Morgan fingerprint density at radius 1 is 0.623 bits per heavy atom. The second-order valence-corrected chi connectivity index (χ2v) is 16.5. The van der Waals surface area contributed by atoms with Crippen LogP contribution < -0.4 is 0 Å². The largest absolute Gasteiger partial charge is 0.437 e. The SMILES string of the molecule is [2H]C([2H])([2H])c1ccc2c(n1)oc1c(-c3nc4ccccc4n3-c3c(C(C)C)cc(-c4ccc5c(c4)C(C)(C)C(C)(C)c4ccccc4-5)cc3C(C)C)cccc12. The highest BCUT2D eigenvalue weighted by Crippen LogP contribution is 2.54. The highest BCUT2D eigenvalue weighted by molar-refractivity contribution is 6.08. The van der Waals surface area contributed by atoms with Crippen LogP contribution in [0.1, 0.15) is 99.3 Å². The molecular formula is C49H47N3O. The van der Waals surface area contributed by atoms with Gasteiger partial charge in [-0.1, -0.05) is 116 Å². The van der Waals surface area contributed by atoms with E-state index >= 15 is 0 Å². The fourth-order valence-corrected chi connectivity index (χ4v) is 8.69. The van der Waals surface area contributed by atoms with Crippen molar-refractivity contribution in [1.82, 2.24) is 14.5 Å². The van der Waals surface area contributed by atoms with Crippen LogP contribution >= 0.6 is 0 Å². The summed E-state index contributed by atoms with van der Waals surface area (Å²) in [5.74, 6) is 1.15. The van der Waals surface area contributed by atoms with Gasteiger partial charge in [0.05, 0.1) is 22.3 Å². The lowest BCUT2D eigenvalue weighted by molar-refractivity contribution is 0.299. The number of imidazole rings is 1. The minimum absolute atomic E-state index is 0.0112. The van der Waals surface area contributed by atoms with Gasteiger partial charge in [-0.05, 0) is 123 Å². The molecule has 3 heterocycles. The van der Waals surface area contributed by atoms with Crippen LogP contribution in [0.5, 0.6) is 0 Å². The van der Waals surface area contributed by atoms with Crippen LogP contribution in [0.3, 0.4) is 0 Å². The number of pyridine rings is 1. The van der Waals surface area contributed by atoms with Crippen LogP contribution in [0, 0.1) is 6.85 Å². The maximum atomic E-state index is 7.94. The molecule has 8 aromatic rings. The normalized spacial score (nSPS) is 15.8. The summed E-state index contributed by atoms with van der Waals surface area (Å²) in [5, 5.41) is 1.64. The number of fused-ring (bicyclic) bond motifs is 7. The Balaban J connectivity index is 1.29. The second-order valence-electron chi connectivity index (χ2n) is 16.5. The minimum Gasteiger partial charge on any atom is -0.437 e. The Morgan fingerprint density at radius 2 is 1.30 bits per heavy atom. The lowest BCUT2D eigenvalue weighted by atomic mass is 9.55. The molecule has 264 valence electrons. The van der Waals surface area contributed by atoms with E-state index in [-0.39, 0.29) is 28.4 Å². The van der Waals surface area contributed by atoms with Crippen molar-refractivity contribution in [1.29, 1.82) is 0 Å². The molecule has 1 aliphatic rings. The number of hydrogen-bond donors (Lipinski definition) is 0. The first-order valence-corrected chi connectivity index (χ1v) is 18.8. The molecule has 0 bridgehead atoms. The topological polar surface area (TPSA) is 43.9 Å². The number of furan rings is 1. The number of aromatic nitrogens is 3. The van der Waals surface area contributed by atoms with Gasteiger partial charge < -0.3 is 4.42 Å². The summed E-state index contributed by atoms with van der Waals surface area (Å²) in [6.45, 7) is 16.3. The zero-order chi connectivity index (χ0) is 39.5. The third-order valence-electron chi connectivity index (χ3n) is 12.3. The third-order valence-corrected chi connectivity index (χ3v) is 12.3. The Bertz CT molecular complexity index is 2840. The van der Waals surface area contributed by atoms with Gasteiger partial charge in [0.15, 0.2) is 0 Å². The van der Waals surface area contributed by atoms with Crippen molar-refractivity contribution < 1.29 is 8.53 Å². The molecule has 0 N–H and O–H groups in total. The molecule has 0 unspecified atom stereocenters. The highest BCUT2D eigenvalue weighted by atomic mass is 16.3. The fourth-order valence-electron chi connectivity index (χ4n) is 8.69. The van der Waals surface area contributed by atoms with Crippen LogP contribution in [0.15, 0.2) is 114 Å². The van der Waals surface area contributed by atoms with Crippen molar-refractivity contribution in [3.63, 3.8) is 0 Å². The van der Waals surface area contributed by atoms with Gasteiger partial charge in [0.25, 0.3) is 0 Å². The summed E-state index contributed by atoms with van der Waals surface area (Å²) in [4.78, 5) is 9.76. The maximum absolute atomic E-state index is 7.94.